The Morgan fingerprint density at radius 2 is 1.71 bits per heavy atom. The zero-order valence-corrected chi connectivity index (χ0v) is 14.7. The molecule has 0 bridgehead atoms. The number of carbonyl (C=O) groups excluding carboxylic acids is 2. The van der Waals surface area contributed by atoms with E-state index in [1.165, 1.54) is 11.8 Å². The Morgan fingerprint density at radius 1 is 1.12 bits per heavy atom. The summed E-state index contributed by atoms with van der Waals surface area (Å²) in [6.07, 6.45) is 0. The molecular formula is C15H18ClN3O4S. The summed E-state index contributed by atoms with van der Waals surface area (Å²) in [5, 5.41) is 3.13. The maximum atomic E-state index is 12.6. The molecule has 9 heteroatoms. The summed E-state index contributed by atoms with van der Waals surface area (Å²) in [5.41, 5.74) is 0.468. The van der Waals surface area contributed by atoms with E-state index in [0.717, 1.165) is 0 Å². The first-order chi connectivity index (χ1) is 11.3. The Labute approximate surface area is 145 Å². The topological polar surface area (TPSA) is 86.8 Å². The molecule has 2 fully saturated rings. The lowest BCUT2D eigenvalue weighted by atomic mass is 10.1. The van der Waals surface area contributed by atoms with Gasteiger partial charge in [0.2, 0.25) is 5.91 Å². The number of nitrogens with zero attached hydrogens (tertiary/aromatic N) is 2. The van der Waals surface area contributed by atoms with Crippen molar-refractivity contribution in [3.63, 3.8) is 0 Å². The average molecular weight is 372 g/mol. The molecule has 1 N–H and O–H groups in total. The maximum Gasteiger partial charge on any atom is 0.322 e. The van der Waals surface area contributed by atoms with Gasteiger partial charge in [0.05, 0.1) is 34.3 Å². The van der Waals surface area contributed by atoms with E-state index in [4.69, 9.17) is 11.6 Å². The Morgan fingerprint density at radius 3 is 2.33 bits per heavy atom. The number of urea groups is 1. The van der Waals surface area contributed by atoms with Gasteiger partial charge >= 0.3 is 6.03 Å². The molecule has 0 radical (unpaired) electrons. The van der Waals surface area contributed by atoms with Gasteiger partial charge in [-0.25, -0.2) is 13.2 Å². The van der Waals surface area contributed by atoms with Gasteiger partial charge in [-0.1, -0.05) is 23.7 Å². The predicted molar refractivity (Wildman–Crippen MR) is 90.8 cm³/mol. The van der Waals surface area contributed by atoms with Crippen molar-refractivity contribution >= 4 is 39.1 Å². The smallest absolute Gasteiger partial charge is 0.322 e. The number of amides is 3. The highest BCUT2D eigenvalue weighted by Crippen LogP contribution is 2.28. The van der Waals surface area contributed by atoms with Gasteiger partial charge in [0.15, 0.2) is 9.84 Å². The first-order valence-corrected chi connectivity index (χ1v) is 9.78. The number of hydrogen-bond donors (Lipinski definition) is 1. The van der Waals surface area contributed by atoms with E-state index in [9.17, 15) is 18.0 Å². The fraction of sp³-hybridized carbons (Fsp3) is 0.467. The molecule has 3 amide bonds. The first-order valence-electron chi connectivity index (χ1n) is 7.58. The van der Waals surface area contributed by atoms with Gasteiger partial charge in [-0.2, -0.15) is 0 Å². The van der Waals surface area contributed by atoms with Gasteiger partial charge in [0, 0.05) is 20.0 Å². The minimum absolute atomic E-state index is 0.104. The van der Waals surface area contributed by atoms with Gasteiger partial charge in [-0.3, -0.25) is 4.79 Å². The van der Waals surface area contributed by atoms with Crippen molar-refractivity contribution in [3.05, 3.63) is 29.3 Å². The average Bonchev–Trinajstić information content (AvgIpc) is 2.82. The fourth-order valence-electron chi connectivity index (χ4n) is 3.35. The van der Waals surface area contributed by atoms with Crippen LogP contribution in [-0.4, -0.2) is 66.8 Å². The quantitative estimate of drug-likeness (QED) is 0.803. The van der Waals surface area contributed by atoms with Crippen molar-refractivity contribution in [1.82, 2.24) is 9.80 Å². The van der Waals surface area contributed by atoms with E-state index in [-0.39, 0.29) is 24.0 Å². The first kappa shape index (κ1) is 17.0. The summed E-state index contributed by atoms with van der Waals surface area (Å²) in [4.78, 5) is 27.4. The van der Waals surface area contributed by atoms with E-state index in [2.05, 4.69) is 5.32 Å². The Hall–Kier alpha value is -1.80. The highest BCUT2D eigenvalue weighted by molar-refractivity contribution is 7.91. The molecule has 0 unspecified atom stereocenters. The molecule has 2 heterocycles. The number of rotatable bonds is 1. The number of anilines is 1. The molecule has 0 saturated carbocycles. The second kappa shape index (κ2) is 6.25. The zero-order valence-electron chi connectivity index (χ0n) is 13.1. The summed E-state index contributed by atoms with van der Waals surface area (Å²) in [6.45, 7) is 2.02. The van der Waals surface area contributed by atoms with Crippen LogP contribution in [0, 0.1) is 0 Å². The van der Waals surface area contributed by atoms with Crippen molar-refractivity contribution in [2.24, 2.45) is 0 Å². The molecule has 3 rings (SSSR count). The fourth-order valence-corrected chi connectivity index (χ4v) is 5.51. The van der Waals surface area contributed by atoms with Crippen LogP contribution >= 0.6 is 11.6 Å². The van der Waals surface area contributed by atoms with Crippen LogP contribution in [0.5, 0.6) is 0 Å². The number of benzene rings is 1. The van der Waals surface area contributed by atoms with Gasteiger partial charge in [-0.05, 0) is 12.1 Å². The minimum Gasteiger partial charge on any atom is -0.335 e. The lowest BCUT2D eigenvalue weighted by molar-refractivity contribution is -0.133. The number of para-hydroxylation sites is 1. The summed E-state index contributed by atoms with van der Waals surface area (Å²) < 4.78 is 24.1. The molecule has 2 atom stereocenters. The molecule has 24 heavy (non-hydrogen) atoms. The number of piperazine rings is 1. The van der Waals surface area contributed by atoms with Gasteiger partial charge in [0.1, 0.15) is 0 Å². The number of fused-ring (bicyclic) bond motifs is 1. The van der Waals surface area contributed by atoms with Gasteiger partial charge < -0.3 is 15.1 Å². The lowest BCUT2D eigenvalue weighted by Crippen LogP contribution is -2.62. The molecule has 2 aliphatic rings. The van der Waals surface area contributed by atoms with Crippen LogP contribution in [0.4, 0.5) is 10.5 Å². The van der Waals surface area contributed by atoms with Crippen molar-refractivity contribution in [3.8, 4) is 0 Å². The molecule has 2 aliphatic heterocycles. The zero-order chi connectivity index (χ0) is 17.5. The van der Waals surface area contributed by atoms with Gasteiger partial charge in [-0.15, -0.1) is 0 Å². The highest BCUT2D eigenvalue weighted by Gasteiger charge is 2.48. The third-order valence-corrected chi connectivity index (χ3v) is 6.49. The largest absolute Gasteiger partial charge is 0.335 e. The summed E-state index contributed by atoms with van der Waals surface area (Å²) in [7, 11) is -3.28. The predicted octanol–water partition coefficient (Wildman–Crippen LogP) is 1.20. The van der Waals surface area contributed by atoms with E-state index in [1.807, 2.05) is 0 Å². The van der Waals surface area contributed by atoms with Crippen LogP contribution in [-0.2, 0) is 14.6 Å². The van der Waals surface area contributed by atoms with E-state index < -0.39 is 28.0 Å². The van der Waals surface area contributed by atoms with Crippen LogP contribution in [0.1, 0.15) is 6.92 Å². The second-order valence-electron chi connectivity index (χ2n) is 6.03. The van der Waals surface area contributed by atoms with E-state index in [1.54, 1.807) is 29.2 Å². The summed E-state index contributed by atoms with van der Waals surface area (Å²) in [6, 6.07) is 5.41. The normalized spacial score (nSPS) is 25.2. The molecule has 7 nitrogen and oxygen atoms in total. The number of carbonyl (C=O) groups is 2. The van der Waals surface area contributed by atoms with E-state index in [0.29, 0.717) is 17.3 Å². The van der Waals surface area contributed by atoms with Crippen LogP contribution in [0.15, 0.2) is 24.3 Å². The second-order valence-corrected chi connectivity index (χ2v) is 8.59. The number of sulfone groups is 1. The maximum absolute atomic E-state index is 12.6. The molecule has 0 aromatic heterocycles. The number of hydrogen-bond acceptors (Lipinski definition) is 4. The van der Waals surface area contributed by atoms with Crippen LogP contribution < -0.4 is 5.32 Å². The molecule has 0 spiro atoms. The highest BCUT2D eigenvalue weighted by atomic mass is 35.5. The van der Waals surface area contributed by atoms with Crippen LogP contribution in [0.3, 0.4) is 0 Å². The third kappa shape index (κ3) is 3.21. The Bertz CT molecular complexity index is 783. The standard InChI is InChI=1S/C15H18ClN3O4S/c1-10(20)18-6-7-19(14-9-24(22,23)8-13(14)18)15(21)17-12-5-3-2-4-11(12)16/h2-5,13-14H,6-9H2,1H3,(H,17,21)/t13-,14+/m1/s1. The van der Waals surface area contributed by atoms with Crippen molar-refractivity contribution in [2.45, 2.75) is 19.0 Å². The van der Waals surface area contributed by atoms with Gasteiger partial charge in [0.25, 0.3) is 0 Å². The monoisotopic (exact) mass is 371 g/mol. The Kier molecular flexibility index (Phi) is 4.44. The molecule has 2 saturated heterocycles. The minimum atomic E-state index is -3.28. The van der Waals surface area contributed by atoms with E-state index >= 15 is 0 Å². The SMILES string of the molecule is CC(=O)N1CCN(C(=O)Nc2ccccc2Cl)[C@H]2CS(=O)(=O)C[C@H]21. The Balaban J connectivity index is 1.82. The molecule has 130 valence electrons. The summed E-state index contributed by atoms with van der Waals surface area (Å²) in [5.74, 6) is -0.405. The molecule has 0 aliphatic carbocycles. The number of halogens is 1. The van der Waals surface area contributed by atoms with Crippen molar-refractivity contribution < 1.29 is 18.0 Å². The van der Waals surface area contributed by atoms with Crippen molar-refractivity contribution in [1.29, 1.82) is 0 Å². The lowest BCUT2D eigenvalue weighted by Gasteiger charge is -2.43. The molecular weight excluding hydrogens is 354 g/mol. The van der Waals surface area contributed by atoms with Crippen LogP contribution in [0.2, 0.25) is 5.02 Å². The van der Waals surface area contributed by atoms with Crippen molar-refractivity contribution in [2.75, 3.05) is 29.9 Å². The number of nitrogens with one attached hydrogen (secondary N) is 1. The molecule has 1 aromatic rings. The van der Waals surface area contributed by atoms with Crippen LogP contribution in [0.25, 0.3) is 0 Å². The summed E-state index contributed by atoms with van der Waals surface area (Å²) >= 11 is 6.05. The molecule has 1 aromatic carbocycles. The third-order valence-electron chi connectivity index (χ3n) is 4.46.